The van der Waals surface area contributed by atoms with E-state index < -0.39 is 72.1 Å². The average Bonchev–Trinajstić information content (AvgIpc) is 3.58. The van der Waals surface area contributed by atoms with Gasteiger partial charge in [-0.25, -0.2) is 4.79 Å². The molecule has 0 aliphatic rings. The minimum Gasteiger partial charge on any atom is -0.508 e. The number of carbonyl (C=O) groups is 6. The van der Waals surface area contributed by atoms with Gasteiger partial charge in [0, 0.05) is 42.9 Å². The number of rotatable bonds is 21. The van der Waals surface area contributed by atoms with E-state index in [1.807, 2.05) is 12.1 Å². The number of nitrogens with two attached hydrogens (primary N) is 4. The molecule has 18 heteroatoms. The first-order chi connectivity index (χ1) is 27.2. The van der Waals surface area contributed by atoms with Crippen LogP contribution < -0.4 is 44.2 Å². The number of carboxylic acid groups (broad SMARTS) is 1. The number of benzene rings is 3. The maximum atomic E-state index is 14.3. The van der Waals surface area contributed by atoms with Crippen LogP contribution in [0.25, 0.3) is 10.9 Å². The molecule has 0 saturated heterocycles. The second-order valence-electron chi connectivity index (χ2n) is 13.4. The van der Waals surface area contributed by atoms with Crippen LogP contribution in [-0.2, 0) is 48.0 Å². The Hall–Kier alpha value is -6.95. The molecule has 302 valence electrons. The number of hydrogen-bond donors (Lipinski definition) is 11. The molecule has 0 spiro atoms. The molecule has 5 atom stereocenters. The van der Waals surface area contributed by atoms with Crippen molar-refractivity contribution >= 4 is 52.4 Å². The van der Waals surface area contributed by atoms with Gasteiger partial charge in [0.1, 0.15) is 29.9 Å². The number of fused-ring (bicyclic) bond motifs is 1. The van der Waals surface area contributed by atoms with Crippen LogP contribution in [0.3, 0.4) is 0 Å². The number of guanidine groups is 1. The number of aliphatic imine (C=N–C) groups is 1. The van der Waals surface area contributed by atoms with Gasteiger partial charge in [0.15, 0.2) is 5.96 Å². The molecule has 0 saturated carbocycles. The third-order valence-electron chi connectivity index (χ3n) is 8.98. The fraction of sp³-hybridized carbons (Fsp3) is 0.308. The molecule has 18 nitrogen and oxygen atoms in total. The maximum absolute atomic E-state index is 14.3. The van der Waals surface area contributed by atoms with Crippen molar-refractivity contribution in [1.82, 2.24) is 26.3 Å². The lowest BCUT2D eigenvalue weighted by molar-refractivity contribution is -0.143. The van der Waals surface area contributed by atoms with E-state index in [9.17, 15) is 39.0 Å². The zero-order chi connectivity index (χ0) is 41.5. The van der Waals surface area contributed by atoms with Crippen LogP contribution in [0, 0.1) is 0 Å². The van der Waals surface area contributed by atoms with Crippen LogP contribution in [0.1, 0.15) is 36.0 Å². The number of para-hydroxylation sites is 1. The number of H-pyrrole nitrogens is 1. The summed E-state index contributed by atoms with van der Waals surface area (Å²) in [5.74, 6) is -5.77. The summed E-state index contributed by atoms with van der Waals surface area (Å²) in [6.45, 7) is 0.243. The van der Waals surface area contributed by atoms with E-state index in [1.165, 1.54) is 12.1 Å². The predicted molar refractivity (Wildman–Crippen MR) is 211 cm³/mol. The molecule has 0 bridgehead atoms. The molecule has 15 N–H and O–H groups in total. The summed E-state index contributed by atoms with van der Waals surface area (Å²) in [5.41, 5.74) is 24.7. The molecular formula is C39H48N10O8. The fourth-order valence-corrected chi connectivity index (χ4v) is 6.01. The molecule has 4 rings (SSSR count). The van der Waals surface area contributed by atoms with Gasteiger partial charge in [-0.05, 0) is 47.7 Å². The molecule has 0 unspecified atom stereocenters. The lowest BCUT2D eigenvalue weighted by atomic mass is 10.00. The quantitative estimate of drug-likeness (QED) is 0.0282. The average molecular weight is 785 g/mol. The van der Waals surface area contributed by atoms with E-state index in [0.717, 1.165) is 10.9 Å². The summed E-state index contributed by atoms with van der Waals surface area (Å²) >= 11 is 0. The van der Waals surface area contributed by atoms with Gasteiger partial charge in [0.05, 0.1) is 12.5 Å². The molecular weight excluding hydrogens is 736 g/mol. The predicted octanol–water partition coefficient (Wildman–Crippen LogP) is -0.818. The molecule has 5 amide bonds. The van der Waals surface area contributed by atoms with E-state index in [-0.39, 0.29) is 43.9 Å². The SMILES string of the molecule is NC(=O)C[C@H](NC(=O)[C@H](Cc1c[nH]c2ccccc12)NC(=O)[C@H](Cc1ccc(O)cc1)NC(=O)[C@H](Cc1ccccc1)NC(=O)[C@@H](N)CCCN=C(N)N)C(=O)O. The standard InChI is InChI=1S/C39H48N10O8/c40-27(10-6-16-44-39(42)43)34(52)46-29(17-22-7-2-1-3-8-22)35(53)47-30(18-23-12-14-25(50)15-13-23)36(54)48-31(37(55)49-32(38(56)57)20-33(41)51)19-24-21-45-28-11-5-4-9-26(24)28/h1-5,7-9,11-15,21,27,29-32,45,50H,6,10,16-20,40H2,(H2,41,51)(H,46,52)(H,47,53)(H,48,54)(H,49,55)(H,56,57)(H4,42,43,44)/t27-,29-,30-,31-,32-/m0/s1. The van der Waals surface area contributed by atoms with Gasteiger partial charge in [-0.3, -0.25) is 29.0 Å². The number of hydrogen-bond acceptors (Lipinski definition) is 9. The molecule has 57 heavy (non-hydrogen) atoms. The third-order valence-corrected chi connectivity index (χ3v) is 8.98. The molecule has 0 radical (unpaired) electrons. The number of nitrogens with one attached hydrogen (secondary N) is 5. The van der Waals surface area contributed by atoms with Gasteiger partial charge in [0.25, 0.3) is 0 Å². The Kier molecular flexibility index (Phi) is 15.5. The Morgan fingerprint density at radius 1 is 0.667 bits per heavy atom. The maximum Gasteiger partial charge on any atom is 0.326 e. The number of amides is 5. The summed E-state index contributed by atoms with van der Waals surface area (Å²) < 4.78 is 0. The monoisotopic (exact) mass is 784 g/mol. The van der Waals surface area contributed by atoms with Crippen LogP contribution in [0.15, 0.2) is 90.1 Å². The Bertz CT molecular complexity index is 2050. The number of aliphatic carboxylic acids is 1. The Morgan fingerprint density at radius 3 is 1.77 bits per heavy atom. The summed E-state index contributed by atoms with van der Waals surface area (Å²) in [5, 5.41) is 30.7. The van der Waals surface area contributed by atoms with Crippen LogP contribution in [0.2, 0.25) is 0 Å². The first-order valence-corrected chi connectivity index (χ1v) is 18.1. The van der Waals surface area contributed by atoms with E-state index in [1.54, 1.807) is 60.8 Å². The van der Waals surface area contributed by atoms with E-state index >= 15 is 0 Å². The van der Waals surface area contributed by atoms with Crippen molar-refractivity contribution in [2.45, 2.75) is 68.7 Å². The highest BCUT2D eigenvalue weighted by Gasteiger charge is 2.33. The number of carbonyl (C=O) groups excluding carboxylic acids is 5. The molecule has 1 heterocycles. The molecule has 1 aromatic heterocycles. The van der Waals surface area contributed by atoms with Crippen molar-refractivity contribution in [3.63, 3.8) is 0 Å². The molecule has 0 aliphatic carbocycles. The van der Waals surface area contributed by atoms with Crippen molar-refractivity contribution in [3.05, 3.63) is 102 Å². The van der Waals surface area contributed by atoms with Crippen molar-refractivity contribution in [2.75, 3.05) is 6.54 Å². The Morgan fingerprint density at radius 2 is 1.19 bits per heavy atom. The molecule has 4 aromatic rings. The lowest BCUT2D eigenvalue weighted by Crippen LogP contribution is -2.59. The summed E-state index contributed by atoms with van der Waals surface area (Å²) in [7, 11) is 0. The number of carboxylic acids is 1. The van der Waals surface area contributed by atoms with Crippen LogP contribution in [0.4, 0.5) is 0 Å². The first kappa shape index (κ1) is 42.8. The second kappa shape index (κ2) is 20.7. The zero-order valence-electron chi connectivity index (χ0n) is 31.0. The molecule has 3 aromatic carbocycles. The van der Waals surface area contributed by atoms with Gasteiger partial charge in [-0.2, -0.15) is 0 Å². The normalized spacial score (nSPS) is 13.6. The zero-order valence-corrected chi connectivity index (χ0v) is 31.0. The minimum absolute atomic E-state index is 0.0225. The van der Waals surface area contributed by atoms with Gasteiger partial charge in [-0.1, -0.05) is 60.7 Å². The third kappa shape index (κ3) is 13.4. The Balaban J connectivity index is 1.64. The number of phenols is 1. The van der Waals surface area contributed by atoms with Crippen LogP contribution in [-0.4, -0.2) is 93.4 Å². The highest BCUT2D eigenvalue weighted by Crippen LogP contribution is 2.20. The van der Waals surface area contributed by atoms with E-state index in [2.05, 4.69) is 31.2 Å². The van der Waals surface area contributed by atoms with Crippen molar-refractivity contribution in [3.8, 4) is 5.75 Å². The smallest absolute Gasteiger partial charge is 0.326 e. The highest BCUT2D eigenvalue weighted by molar-refractivity contribution is 5.96. The minimum atomic E-state index is -1.69. The van der Waals surface area contributed by atoms with Crippen molar-refractivity contribution < 1.29 is 39.0 Å². The lowest BCUT2D eigenvalue weighted by Gasteiger charge is -2.27. The Labute approximate surface area is 327 Å². The summed E-state index contributed by atoms with van der Waals surface area (Å²) in [6, 6.07) is 15.2. The molecule has 0 fully saturated rings. The first-order valence-electron chi connectivity index (χ1n) is 18.1. The van der Waals surface area contributed by atoms with Crippen LogP contribution >= 0.6 is 0 Å². The van der Waals surface area contributed by atoms with Gasteiger partial charge in [-0.15, -0.1) is 0 Å². The largest absolute Gasteiger partial charge is 0.508 e. The number of aromatic nitrogens is 1. The van der Waals surface area contributed by atoms with Crippen LogP contribution in [0.5, 0.6) is 5.75 Å². The van der Waals surface area contributed by atoms with Gasteiger partial charge >= 0.3 is 5.97 Å². The number of phenolic OH excluding ortho intramolecular Hbond substituents is 1. The summed E-state index contributed by atoms with van der Waals surface area (Å²) in [4.78, 5) is 85.9. The number of nitrogens with zero attached hydrogens (tertiary/aromatic N) is 1. The fourth-order valence-electron chi connectivity index (χ4n) is 6.01. The van der Waals surface area contributed by atoms with E-state index in [4.69, 9.17) is 22.9 Å². The number of aromatic amines is 1. The van der Waals surface area contributed by atoms with Crippen molar-refractivity contribution in [1.29, 1.82) is 0 Å². The number of aromatic hydroxyl groups is 1. The van der Waals surface area contributed by atoms with Gasteiger partial charge < -0.3 is 59.4 Å². The van der Waals surface area contributed by atoms with Crippen molar-refractivity contribution in [2.24, 2.45) is 27.9 Å². The highest BCUT2D eigenvalue weighted by atomic mass is 16.4. The second-order valence-corrected chi connectivity index (χ2v) is 13.4. The van der Waals surface area contributed by atoms with Gasteiger partial charge in [0.2, 0.25) is 29.5 Å². The number of primary amides is 1. The summed E-state index contributed by atoms with van der Waals surface area (Å²) in [6.07, 6.45) is 1.30. The van der Waals surface area contributed by atoms with E-state index in [0.29, 0.717) is 23.1 Å². The molecule has 0 aliphatic heterocycles. The topological polar surface area (TPSA) is 323 Å².